The summed E-state index contributed by atoms with van der Waals surface area (Å²) in [5.41, 5.74) is 4.88. The highest BCUT2D eigenvalue weighted by atomic mass is 35.5. The minimum absolute atomic E-state index is 0.0491. The standard InChI is InChI=1S/C24H19ClN2O3/c25-20-6-3-7-21(22(20)27-10-12-30-13-11-27)26-24(29)15-8-9-17-16-4-1-2-5-18(16)23(28)19(17)14-15/h1-9,14H,10-13H2,(H,26,29). The first-order chi connectivity index (χ1) is 14.6. The highest BCUT2D eigenvalue weighted by Gasteiger charge is 2.27. The van der Waals surface area contributed by atoms with E-state index < -0.39 is 0 Å². The maximum atomic E-state index is 13.0. The summed E-state index contributed by atoms with van der Waals surface area (Å²) in [6.07, 6.45) is 0. The quantitative estimate of drug-likeness (QED) is 0.526. The van der Waals surface area contributed by atoms with Gasteiger partial charge < -0.3 is 15.0 Å². The smallest absolute Gasteiger partial charge is 0.255 e. The molecule has 0 spiro atoms. The molecule has 6 heteroatoms. The number of carbonyl (C=O) groups excluding carboxylic acids is 2. The second-order valence-corrected chi connectivity index (χ2v) is 7.73. The summed E-state index contributed by atoms with van der Waals surface area (Å²) in [4.78, 5) is 27.9. The van der Waals surface area contributed by atoms with E-state index in [2.05, 4.69) is 10.2 Å². The third kappa shape index (κ3) is 3.16. The van der Waals surface area contributed by atoms with E-state index in [4.69, 9.17) is 16.3 Å². The van der Waals surface area contributed by atoms with Crippen molar-refractivity contribution in [1.29, 1.82) is 0 Å². The summed E-state index contributed by atoms with van der Waals surface area (Å²) in [5, 5.41) is 3.55. The maximum Gasteiger partial charge on any atom is 0.255 e. The molecule has 0 unspecified atom stereocenters. The summed E-state index contributed by atoms with van der Waals surface area (Å²) in [6, 6.07) is 18.2. The lowest BCUT2D eigenvalue weighted by atomic mass is 10.0. The summed E-state index contributed by atoms with van der Waals surface area (Å²) < 4.78 is 5.43. The van der Waals surface area contributed by atoms with Gasteiger partial charge in [-0.1, -0.05) is 48.0 Å². The average molecular weight is 419 g/mol. The van der Waals surface area contributed by atoms with E-state index >= 15 is 0 Å². The minimum Gasteiger partial charge on any atom is -0.378 e. The van der Waals surface area contributed by atoms with E-state index in [1.54, 1.807) is 12.1 Å². The van der Waals surface area contributed by atoms with Gasteiger partial charge in [0.1, 0.15) is 0 Å². The van der Waals surface area contributed by atoms with Crippen molar-refractivity contribution < 1.29 is 14.3 Å². The number of halogens is 1. The molecule has 1 heterocycles. The molecule has 5 rings (SSSR count). The Morgan fingerprint density at radius 3 is 2.43 bits per heavy atom. The second kappa shape index (κ2) is 7.59. The van der Waals surface area contributed by atoms with Crippen LogP contribution >= 0.6 is 11.6 Å². The van der Waals surface area contributed by atoms with Crippen molar-refractivity contribution in [2.24, 2.45) is 0 Å². The van der Waals surface area contributed by atoms with Crippen molar-refractivity contribution in [2.75, 3.05) is 36.5 Å². The van der Waals surface area contributed by atoms with Gasteiger partial charge in [-0.15, -0.1) is 0 Å². The summed E-state index contributed by atoms with van der Waals surface area (Å²) in [5.74, 6) is -0.328. The van der Waals surface area contributed by atoms with Crippen LogP contribution in [0.5, 0.6) is 0 Å². The molecule has 1 saturated heterocycles. The Bertz CT molecular complexity index is 1170. The van der Waals surface area contributed by atoms with Gasteiger partial charge in [-0.05, 0) is 35.4 Å². The van der Waals surface area contributed by atoms with Crippen LogP contribution in [-0.4, -0.2) is 38.0 Å². The fourth-order valence-corrected chi connectivity index (χ4v) is 4.38. The molecule has 0 saturated carbocycles. The number of ether oxygens (including phenoxy) is 1. The molecule has 1 aliphatic carbocycles. The Hall–Kier alpha value is -3.15. The lowest BCUT2D eigenvalue weighted by Crippen LogP contribution is -2.37. The molecule has 0 atom stereocenters. The first kappa shape index (κ1) is 18.9. The summed E-state index contributed by atoms with van der Waals surface area (Å²) in [7, 11) is 0. The Morgan fingerprint density at radius 1 is 0.900 bits per heavy atom. The van der Waals surface area contributed by atoms with Crippen LogP contribution in [0, 0.1) is 0 Å². The van der Waals surface area contributed by atoms with Gasteiger partial charge in [0.15, 0.2) is 5.78 Å². The van der Waals surface area contributed by atoms with Gasteiger partial charge in [0.2, 0.25) is 0 Å². The first-order valence-electron chi connectivity index (χ1n) is 9.84. The number of nitrogens with one attached hydrogen (secondary N) is 1. The van der Waals surface area contributed by atoms with E-state index in [-0.39, 0.29) is 11.7 Å². The monoisotopic (exact) mass is 418 g/mol. The van der Waals surface area contributed by atoms with Gasteiger partial charge in [0, 0.05) is 29.8 Å². The number of fused-ring (bicyclic) bond motifs is 3. The number of nitrogens with zero attached hydrogens (tertiary/aromatic N) is 1. The minimum atomic E-state index is -0.279. The number of morpholine rings is 1. The van der Waals surface area contributed by atoms with Crippen molar-refractivity contribution in [3.8, 4) is 11.1 Å². The maximum absolute atomic E-state index is 13.0. The molecule has 2 aliphatic rings. The number of hydrogen-bond donors (Lipinski definition) is 1. The highest BCUT2D eigenvalue weighted by Crippen LogP contribution is 2.38. The number of benzene rings is 3. The number of hydrogen-bond acceptors (Lipinski definition) is 4. The van der Waals surface area contributed by atoms with Crippen LogP contribution in [0.15, 0.2) is 60.7 Å². The van der Waals surface area contributed by atoms with Gasteiger partial charge >= 0.3 is 0 Å². The third-order valence-corrected chi connectivity index (χ3v) is 5.86. The van der Waals surface area contributed by atoms with Crippen molar-refractivity contribution >= 4 is 34.7 Å². The van der Waals surface area contributed by atoms with E-state index in [1.165, 1.54) is 0 Å². The van der Waals surface area contributed by atoms with Gasteiger partial charge in [0.25, 0.3) is 5.91 Å². The van der Waals surface area contributed by atoms with E-state index in [0.29, 0.717) is 53.7 Å². The summed E-state index contributed by atoms with van der Waals surface area (Å²) >= 11 is 6.46. The van der Waals surface area contributed by atoms with Crippen molar-refractivity contribution in [3.63, 3.8) is 0 Å². The first-order valence-corrected chi connectivity index (χ1v) is 10.2. The summed E-state index contributed by atoms with van der Waals surface area (Å²) in [6.45, 7) is 2.65. The molecule has 3 aromatic rings. The molecule has 1 N–H and O–H groups in total. The number of carbonyl (C=O) groups is 2. The number of ketones is 1. The Morgan fingerprint density at radius 2 is 1.63 bits per heavy atom. The second-order valence-electron chi connectivity index (χ2n) is 7.32. The Kier molecular flexibility index (Phi) is 4.77. The largest absolute Gasteiger partial charge is 0.378 e. The predicted molar refractivity (Wildman–Crippen MR) is 118 cm³/mol. The molecule has 0 radical (unpaired) electrons. The molecule has 150 valence electrons. The lowest BCUT2D eigenvalue weighted by Gasteiger charge is -2.31. The predicted octanol–water partition coefficient (Wildman–Crippen LogP) is 4.64. The molecule has 5 nitrogen and oxygen atoms in total. The zero-order valence-corrected chi connectivity index (χ0v) is 16.9. The molecular formula is C24H19ClN2O3. The zero-order valence-electron chi connectivity index (χ0n) is 16.2. The molecule has 1 amide bonds. The van der Waals surface area contributed by atoms with Gasteiger partial charge in [-0.2, -0.15) is 0 Å². The topological polar surface area (TPSA) is 58.6 Å². The fourth-order valence-electron chi connectivity index (χ4n) is 4.09. The van der Waals surface area contributed by atoms with Crippen LogP contribution in [0.4, 0.5) is 11.4 Å². The average Bonchev–Trinajstić information content (AvgIpc) is 3.06. The van der Waals surface area contributed by atoms with Gasteiger partial charge in [0.05, 0.1) is 29.6 Å². The van der Waals surface area contributed by atoms with Crippen molar-refractivity contribution in [2.45, 2.75) is 0 Å². The third-order valence-electron chi connectivity index (χ3n) is 5.55. The van der Waals surface area contributed by atoms with Crippen LogP contribution in [-0.2, 0) is 4.74 Å². The SMILES string of the molecule is O=C(Nc1cccc(Cl)c1N1CCOCC1)c1ccc2c(c1)C(=O)c1ccccc1-2. The molecule has 1 aliphatic heterocycles. The van der Waals surface area contributed by atoms with E-state index in [9.17, 15) is 9.59 Å². The molecule has 0 aromatic heterocycles. The highest BCUT2D eigenvalue weighted by molar-refractivity contribution is 6.34. The number of amides is 1. The zero-order chi connectivity index (χ0) is 20.7. The Labute approximate surface area is 179 Å². The van der Waals surface area contributed by atoms with Crippen LogP contribution in [0.2, 0.25) is 5.02 Å². The molecular weight excluding hydrogens is 400 g/mol. The van der Waals surface area contributed by atoms with Crippen LogP contribution in [0.25, 0.3) is 11.1 Å². The molecule has 0 bridgehead atoms. The van der Waals surface area contributed by atoms with E-state index in [0.717, 1.165) is 16.8 Å². The molecule has 30 heavy (non-hydrogen) atoms. The van der Waals surface area contributed by atoms with Gasteiger partial charge in [-0.25, -0.2) is 0 Å². The normalized spacial score (nSPS) is 15.0. The van der Waals surface area contributed by atoms with Crippen LogP contribution in [0.3, 0.4) is 0 Å². The van der Waals surface area contributed by atoms with Gasteiger partial charge in [-0.3, -0.25) is 9.59 Å². The van der Waals surface area contributed by atoms with Crippen LogP contribution < -0.4 is 10.2 Å². The molecule has 3 aromatic carbocycles. The Balaban J connectivity index is 1.45. The number of para-hydroxylation sites is 1. The number of rotatable bonds is 3. The van der Waals surface area contributed by atoms with Crippen LogP contribution in [0.1, 0.15) is 26.3 Å². The number of anilines is 2. The van der Waals surface area contributed by atoms with E-state index in [1.807, 2.05) is 48.5 Å². The lowest BCUT2D eigenvalue weighted by molar-refractivity contribution is 0.102. The van der Waals surface area contributed by atoms with Crippen molar-refractivity contribution in [1.82, 2.24) is 0 Å². The van der Waals surface area contributed by atoms with Crippen molar-refractivity contribution in [3.05, 3.63) is 82.4 Å². The molecule has 1 fully saturated rings. The fraction of sp³-hybridized carbons (Fsp3) is 0.167.